The zero-order chi connectivity index (χ0) is 21.6. The van der Waals surface area contributed by atoms with Crippen molar-refractivity contribution < 1.29 is 4.79 Å². The number of primary amides is 1. The molecule has 6 nitrogen and oxygen atoms in total. The van der Waals surface area contributed by atoms with Gasteiger partial charge in [0, 0.05) is 18.3 Å². The van der Waals surface area contributed by atoms with Crippen molar-refractivity contribution in [3.05, 3.63) is 61.0 Å². The first-order valence-electron chi connectivity index (χ1n) is 9.79. The molecule has 0 radical (unpaired) electrons. The Morgan fingerprint density at radius 3 is 2.59 bits per heavy atom. The molecule has 0 aliphatic carbocycles. The van der Waals surface area contributed by atoms with Gasteiger partial charge >= 0.3 is 0 Å². The second kappa shape index (κ2) is 13.6. The van der Waals surface area contributed by atoms with Crippen molar-refractivity contribution in [1.29, 1.82) is 0 Å². The van der Waals surface area contributed by atoms with Crippen LogP contribution in [0.1, 0.15) is 44.1 Å². The highest BCUT2D eigenvalue weighted by Crippen LogP contribution is 2.24. The molecule has 2 aromatic rings. The van der Waals surface area contributed by atoms with Crippen molar-refractivity contribution in [2.45, 2.75) is 38.9 Å². The molecule has 1 fully saturated rings. The number of anilines is 1. The molecule has 1 unspecified atom stereocenters. The molecular weight excluding hydrogens is 382 g/mol. The molecule has 3 heterocycles. The molecule has 2 N–H and O–H groups in total. The van der Waals surface area contributed by atoms with Crippen LogP contribution in [-0.2, 0) is 0 Å². The van der Waals surface area contributed by atoms with E-state index < -0.39 is 5.91 Å². The number of fused-ring (bicyclic) bond motifs is 1. The Hall–Kier alpha value is -2.54. The van der Waals surface area contributed by atoms with Gasteiger partial charge in [0.25, 0.3) is 5.91 Å². The largest absolute Gasteiger partial charge is 0.364 e. The van der Waals surface area contributed by atoms with Gasteiger partial charge < -0.3 is 10.6 Å². The summed E-state index contributed by atoms with van der Waals surface area (Å²) in [6, 6.07) is 3.80. The SMILES string of the molecule is C/C=C\CC.C=C/C=C\C.CSC1CCN(c2ccc3ncc(C(N)=O)n3n2)C1. The number of amides is 1. The first kappa shape index (κ1) is 24.5. The Morgan fingerprint density at radius 2 is 2.14 bits per heavy atom. The topological polar surface area (TPSA) is 76.5 Å². The van der Waals surface area contributed by atoms with Crippen LogP contribution < -0.4 is 10.6 Å². The van der Waals surface area contributed by atoms with Gasteiger partial charge in [0.1, 0.15) is 11.5 Å². The lowest BCUT2D eigenvalue weighted by atomic mass is 10.4. The van der Waals surface area contributed by atoms with Gasteiger partial charge in [0.15, 0.2) is 5.65 Å². The van der Waals surface area contributed by atoms with Crippen molar-refractivity contribution in [3.63, 3.8) is 0 Å². The zero-order valence-electron chi connectivity index (χ0n) is 17.9. The minimum atomic E-state index is -0.513. The van der Waals surface area contributed by atoms with E-state index in [1.807, 2.05) is 49.9 Å². The average molecular weight is 416 g/mol. The van der Waals surface area contributed by atoms with Crippen LogP contribution in [-0.4, -0.2) is 45.1 Å². The number of hydrogen-bond acceptors (Lipinski definition) is 5. The summed E-state index contributed by atoms with van der Waals surface area (Å²) >= 11 is 1.88. The van der Waals surface area contributed by atoms with Crippen LogP contribution in [0.2, 0.25) is 0 Å². The molecule has 1 saturated heterocycles. The van der Waals surface area contributed by atoms with Gasteiger partial charge in [-0.05, 0) is 45.1 Å². The maximum Gasteiger partial charge on any atom is 0.269 e. The summed E-state index contributed by atoms with van der Waals surface area (Å²) in [5.74, 6) is 0.352. The summed E-state index contributed by atoms with van der Waals surface area (Å²) in [6.45, 7) is 11.6. The van der Waals surface area contributed by atoms with E-state index in [0.717, 1.165) is 31.7 Å². The van der Waals surface area contributed by atoms with Gasteiger partial charge in [0.05, 0.1) is 6.20 Å². The van der Waals surface area contributed by atoms with Crippen LogP contribution in [0.15, 0.2) is 55.3 Å². The number of rotatable bonds is 5. The summed E-state index contributed by atoms with van der Waals surface area (Å²) in [5.41, 5.74) is 6.27. The molecule has 1 amide bonds. The second-order valence-electron chi connectivity index (χ2n) is 6.30. The minimum Gasteiger partial charge on any atom is -0.364 e. The number of nitrogens with two attached hydrogens (primary N) is 1. The van der Waals surface area contributed by atoms with Gasteiger partial charge in [-0.25, -0.2) is 9.50 Å². The van der Waals surface area contributed by atoms with E-state index in [1.54, 1.807) is 6.08 Å². The lowest BCUT2D eigenvalue weighted by Gasteiger charge is -2.17. The van der Waals surface area contributed by atoms with Crippen molar-refractivity contribution in [2.75, 3.05) is 24.2 Å². The molecule has 0 spiro atoms. The van der Waals surface area contributed by atoms with Crippen LogP contribution in [0.3, 0.4) is 0 Å². The zero-order valence-corrected chi connectivity index (χ0v) is 18.7. The molecule has 158 valence electrons. The standard InChI is InChI=1S/C12H15N5OS.C5H10.C5H8/c1-19-8-4-5-16(7-8)11-3-2-10-14-6-9(12(13)18)17(10)15-11;2*1-3-5-4-2/h2-3,6,8H,4-5,7H2,1H3,(H2,13,18);3,5H,4H2,1-2H3;3-5H,1H2,2H3/b;5-3-;5-4-. The van der Waals surface area contributed by atoms with E-state index in [1.165, 1.54) is 10.7 Å². The number of thioether (sulfide) groups is 1. The van der Waals surface area contributed by atoms with E-state index >= 15 is 0 Å². The maximum absolute atomic E-state index is 11.3. The number of hydrogen-bond donors (Lipinski definition) is 1. The van der Waals surface area contributed by atoms with Gasteiger partial charge in [-0.2, -0.15) is 11.8 Å². The molecule has 3 rings (SSSR count). The van der Waals surface area contributed by atoms with Crippen LogP contribution in [0.5, 0.6) is 0 Å². The Morgan fingerprint density at radius 1 is 1.38 bits per heavy atom. The third-order valence-corrected chi connectivity index (χ3v) is 5.25. The average Bonchev–Trinajstić information content (AvgIpc) is 3.36. The third-order valence-electron chi connectivity index (χ3n) is 4.20. The number of carbonyl (C=O) groups excluding carboxylic acids is 1. The Labute approximate surface area is 178 Å². The summed E-state index contributed by atoms with van der Waals surface area (Å²) in [5, 5.41) is 5.13. The number of aromatic nitrogens is 3. The lowest BCUT2D eigenvalue weighted by Crippen LogP contribution is -2.23. The number of nitrogens with zero attached hydrogens (tertiary/aromatic N) is 4. The third kappa shape index (κ3) is 7.77. The highest BCUT2D eigenvalue weighted by atomic mass is 32.2. The Kier molecular flexibility index (Phi) is 11.5. The molecule has 1 aliphatic rings. The van der Waals surface area contributed by atoms with Crippen molar-refractivity contribution in [3.8, 4) is 0 Å². The Balaban J connectivity index is 0.000000353. The molecule has 0 bridgehead atoms. The maximum atomic E-state index is 11.3. The fourth-order valence-corrected chi connectivity index (χ4v) is 3.37. The predicted octanol–water partition coefficient (Wildman–Crippen LogP) is 4.49. The number of allylic oxidation sites excluding steroid dienone is 5. The summed E-state index contributed by atoms with van der Waals surface area (Å²) in [4.78, 5) is 17.7. The predicted molar refractivity (Wildman–Crippen MR) is 126 cm³/mol. The molecule has 0 saturated carbocycles. The first-order chi connectivity index (χ1) is 14.0. The monoisotopic (exact) mass is 415 g/mol. The minimum absolute atomic E-state index is 0.317. The summed E-state index contributed by atoms with van der Waals surface area (Å²) in [6.07, 6.45) is 15.7. The molecular formula is C22H33N5OS. The van der Waals surface area contributed by atoms with E-state index in [2.05, 4.69) is 46.9 Å². The van der Waals surface area contributed by atoms with Crippen molar-refractivity contribution in [1.82, 2.24) is 14.6 Å². The summed E-state index contributed by atoms with van der Waals surface area (Å²) < 4.78 is 1.52. The van der Waals surface area contributed by atoms with Crippen molar-refractivity contribution in [2.24, 2.45) is 5.73 Å². The summed E-state index contributed by atoms with van der Waals surface area (Å²) in [7, 11) is 0. The Bertz CT molecular complexity index is 828. The van der Waals surface area contributed by atoms with Gasteiger partial charge in [0.2, 0.25) is 0 Å². The lowest BCUT2D eigenvalue weighted by molar-refractivity contribution is 0.0993. The van der Waals surface area contributed by atoms with E-state index in [4.69, 9.17) is 5.73 Å². The van der Waals surface area contributed by atoms with Crippen molar-refractivity contribution >= 4 is 29.1 Å². The van der Waals surface area contributed by atoms with Crippen LogP contribution >= 0.6 is 11.8 Å². The van der Waals surface area contributed by atoms with Crippen LogP contribution in [0.4, 0.5) is 5.82 Å². The molecule has 7 heteroatoms. The normalized spacial score (nSPS) is 15.9. The van der Waals surface area contributed by atoms with Crippen LogP contribution in [0.25, 0.3) is 5.65 Å². The van der Waals surface area contributed by atoms with E-state index in [0.29, 0.717) is 16.6 Å². The van der Waals surface area contributed by atoms with Gasteiger partial charge in [-0.3, -0.25) is 4.79 Å². The molecule has 29 heavy (non-hydrogen) atoms. The smallest absolute Gasteiger partial charge is 0.269 e. The highest BCUT2D eigenvalue weighted by molar-refractivity contribution is 7.99. The van der Waals surface area contributed by atoms with E-state index in [-0.39, 0.29) is 0 Å². The second-order valence-corrected chi connectivity index (χ2v) is 7.44. The fraction of sp³-hybridized carbons (Fsp3) is 0.409. The molecule has 1 atom stereocenters. The van der Waals surface area contributed by atoms with Gasteiger partial charge in [-0.1, -0.05) is 43.9 Å². The molecule has 1 aliphatic heterocycles. The quantitative estimate of drug-likeness (QED) is 0.575. The van der Waals surface area contributed by atoms with Gasteiger partial charge in [-0.15, -0.1) is 5.10 Å². The highest BCUT2D eigenvalue weighted by Gasteiger charge is 2.23. The number of carbonyl (C=O) groups is 1. The fourth-order valence-electron chi connectivity index (χ4n) is 2.70. The first-order valence-corrected chi connectivity index (χ1v) is 11.1. The number of imidazole rings is 1. The molecule has 2 aromatic heterocycles. The van der Waals surface area contributed by atoms with Crippen LogP contribution in [0, 0.1) is 0 Å². The molecule has 0 aromatic carbocycles. The van der Waals surface area contributed by atoms with E-state index in [9.17, 15) is 4.79 Å².